The molecule has 0 aliphatic carbocycles. The molecule has 176 valence electrons. The number of hydrogen-bond acceptors (Lipinski definition) is 5. The molecule has 1 heterocycles. The highest BCUT2D eigenvalue weighted by atomic mass is 19.4. The minimum absolute atomic E-state index is 0.106. The van der Waals surface area contributed by atoms with Crippen LogP contribution in [0.5, 0.6) is 5.75 Å². The van der Waals surface area contributed by atoms with Gasteiger partial charge in [0.15, 0.2) is 5.78 Å². The molecule has 3 rings (SSSR count). The van der Waals surface area contributed by atoms with Crippen LogP contribution in [0.15, 0.2) is 42.5 Å². The largest absolute Gasteiger partial charge is 0.508 e. The number of alkyl halides is 3. The SMILES string of the molecule is CC1OCC(=O)C1(C)NC(=O)C(Cc1cccc(O)c1)c1cc(C(F)(F)F)ccc1C(N)=O. The molecule has 3 atom stereocenters. The Bertz CT molecular complexity index is 1100. The molecule has 2 amide bonds. The predicted octanol–water partition coefficient (Wildman–Crippen LogP) is 2.70. The summed E-state index contributed by atoms with van der Waals surface area (Å²) in [5.41, 5.74) is 2.87. The lowest BCUT2D eigenvalue weighted by atomic mass is 9.85. The van der Waals surface area contributed by atoms with Crippen LogP contribution >= 0.6 is 0 Å². The lowest BCUT2D eigenvalue weighted by molar-refractivity contribution is -0.137. The number of primary amides is 1. The van der Waals surface area contributed by atoms with E-state index >= 15 is 0 Å². The van der Waals surface area contributed by atoms with Crippen LogP contribution in [0.2, 0.25) is 0 Å². The number of Topliss-reactive ketones (excluding diaryl/α,β-unsaturated/α-hetero) is 1. The third-order valence-electron chi connectivity index (χ3n) is 5.93. The van der Waals surface area contributed by atoms with Gasteiger partial charge in [-0.3, -0.25) is 14.4 Å². The summed E-state index contributed by atoms with van der Waals surface area (Å²) in [6.07, 6.45) is -5.57. The molecule has 1 aliphatic rings. The predicted molar refractivity (Wildman–Crippen MR) is 111 cm³/mol. The third kappa shape index (κ3) is 5.00. The first-order valence-electron chi connectivity index (χ1n) is 10.1. The molecule has 2 aromatic carbocycles. The number of benzene rings is 2. The minimum atomic E-state index is -4.73. The number of ketones is 1. The van der Waals surface area contributed by atoms with Gasteiger partial charge in [0.25, 0.3) is 0 Å². The Labute approximate surface area is 187 Å². The normalized spacial score (nSPS) is 21.6. The highest BCUT2D eigenvalue weighted by Crippen LogP contribution is 2.35. The quantitative estimate of drug-likeness (QED) is 0.608. The molecular weight excluding hydrogens is 441 g/mol. The molecule has 2 aromatic rings. The van der Waals surface area contributed by atoms with E-state index in [4.69, 9.17) is 10.5 Å². The number of rotatable bonds is 6. The second kappa shape index (κ2) is 8.86. The van der Waals surface area contributed by atoms with Crippen LogP contribution in [0.4, 0.5) is 13.2 Å². The van der Waals surface area contributed by atoms with E-state index in [0.717, 1.165) is 6.07 Å². The smallest absolute Gasteiger partial charge is 0.416 e. The first-order chi connectivity index (χ1) is 15.3. The van der Waals surface area contributed by atoms with Crippen molar-refractivity contribution in [3.63, 3.8) is 0 Å². The number of nitrogens with two attached hydrogens (primary N) is 1. The van der Waals surface area contributed by atoms with Crippen molar-refractivity contribution in [2.24, 2.45) is 5.73 Å². The molecule has 0 bridgehead atoms. The van der Waals surface area contributed by atoms with Gasteiger partial charge in [0, 0.05) is 5.56 Å². The van der Waals surface area contributed by atoms with E-state index < -0.39 is 46.9 Å². The molecule has 3 unspecified atom stereocenters. The van der Waals surface area contributed by atoms with Crippen LogP contribution in [0.3, 0.4) is 0 Å². The number of halogens is 3. The number of aromatic hydroxyl groups is 1. The maximum atomic E-state index is 13.4. The van der Waals surface area contributed by atoms with Crippen LogP contribution in [-0.2, 0) is 26.9 Å². The molecule has 10 heteroatoms. The second-order valence-corrected chi connectivity index (χ2v) is 8.16. The Hall–Kier alpha value is -3.40. The third-order valence-corrected chi connectivity index (χ3v) is 5.93. The molecule has 1 aliphatic heterocycles. The van der Waals surface area contributed by atoms with Gasteiger partial charge in [-0.1, -0.05) is 12.1 Å². The van der Waals surface area contributed by atoms with Crippen LogP contribution in [0.25, 0.3) is 0 Å². The van der Waals surface area contributed by atoms with E-state index in [9.17, 15) is 32.7 Å². The number of ether oxygens (including phenoxy) is 1. The molecule has 7 nitrogen and oxygen atoms in total. The maximum absolute atomic E-state index is 13.4. The molecule has 1 fully saturated rings. The Morgan fingerprint density at radius 2 is 1.97 bits per heavy atom. The zero-order valence-corrected chi connectivity index (χ0v) is 17.9. The molecule has 33 heavy (non-hydrogen) atoms. The fraction of sp³-hybridized carbons (Fsp3) is 0.348. The molecule has 0 saturated carbocycles. The molecule has 0 radical (unpaired) electrons. The number of hydrogen-bond donors (Lipinski definition) is 3. The summed E-state index contributed by atoms with van der Waals surface area (Å²) >= 11 is 0. The van der Waals surface area contributed by atoms with Gasteiger partial charge in [0.2, 0.25) is 11.8 Å². The van der Waals surface area contributed by atoms with Crippen molar-refractivity contribution in [2.45, 2.75) is 44.0 Å². The monoisotopic (exact) mass is 464 g/mol. The molecule has 0 aromatic heterocycles. The van der Waals surface area contributed by atoms with Crippen LogP contribution in [0, 0.1) is 0 Å². The Morgan fingerprint density at radius 1 is 1.27 bits per heavy atom. The van der Waals surface area contributed by atoms with Gasteiger partial charge in [0.05, 0.1) is 17.6 Å². The van der Waals surface area contributed by atoms with Crippen molar-refractivity contribution in [1.82, 2.24) is 5.32 Å². The van der Waals surface area contributed by atoms with Crippen LogP contribution < -0.4 is 11.1 Å². The van der Waals surface area contributed by atoms with E-state index in [-0.39, 0.29) is 29.9 Å². The van der Waals surface area contributed by atoms with Gasteiger partial charge >= 0.3 is 6.18 Å². The first-order valence-corrected chi connectivity index (χ1v) is 10.1. The summed E-state index contributed by atoms with van der Waals surface area (Å²) in [5, 5.41) is 12.4. The van der Waals surface area contributed by atoms with Gasteiger partial charge < -0.3 is 20.9 Å². The fourth-order valence-electron chi connectivity index (χ4n) is 3.77. The highest BCUT2D eigenvalue weighted by Gasteiger charge is 2.47. The van der Waals surface area contributed by atoms with Crippen molar-refractivity contribution in [3.8, 4) is 5.75 Å². The van der Waals surface area contributed by atoms with Crippen molar-refractivity contribution < 1.29 is 37.4 Å². The van der Waals surface area contributed by atoms with E-state index in [0.29, 0.717) is 17.7 Å². The number of carbonyl (C=O) groups is 3. The summed E-state index contributed by atoms with van der Waals surface area (Å²) in [6, 6.07) is 8.19. The van der Waals surface area contributed by atoms with E-state index in [2.05, 4.69) is 5.32 Å². The summed E-state index contributed by atoms with van der Waals surface area (Å²) in [6.45, 7) is 2.84. The lowest BCUT2D eigenvalue weighted by Crippen LogP contribution is -2.56. The van der Waals surface area contributed by atoms with Crippen molar-refractivity contribution in [2.75, 3.05) is 6.61 Å². The molecular formula is C23H23F3N2O5. The first kappa shape index (κ1) is 24.2. The Kier molecular flexibility index (Phi) is 6.51. The van der Waals surface area contributed by atoms with E-state index in [1.165, 1.54) is 25.1 Å². The minimum Gasteiger partial charge on any atom is -0.508 e. The maximum Gasteiger partial charge on any atom is 0.416 e. The Morgan fingerprint density at radius 3 is 2.52 bits per heavy atom. The molecule has 0 spiro atoms. The summed E-state index contributed by atoms with van der Waals surface area (Å²) < 4.78 is 45.6. The number of nitrogens with one attached hydrogen (secondary N) is 1. The number of phenolic OH excluding ortho intramolecular Hbond substituents is 1. The van der Waals surface area contributed by atoms with Gasteiger partial charge in [-0.05, 0) is 61.7 Å². The van der Waals surface area contributed by atoms with Gasteiger partial charge in [-0.2, -0.15) is 13.2 Å². The van der Waals surface area contributed by atoms with Crippen LogP contribution in [-0.4, -0.2) is 41.0 Å². The topological polar surface area (TPSA) is 119 Å². The number of carbonyl (C=O) groups excluding carboxylic acids is 3. The average Bonchev–Trinajstić information content (AvgIpc) is 2.97. The fourth-order valence-corrected chi connectivity index (χ4v) is 3.77. The van der Waals surface area contributed by atoms with Gasteiger partial charge in [-0.25, -0.2) is 0 Å². The lowest BCUT2D eigenvalue weighted by Gasteiger charge is -2.30. The van der Waals surface area contributed by atoms with E-state index in [1.807, 2.05) is 0 Å². The standard InChI is InChI=1S/C23H23F3N2O5/c1-12-22(2,19(30)11-33-12)28-21(32)18(9-13-4-3-5-15(29)8-13)17-10-14(23(24,25)26)6-7-16(17)20(27)31/h3-8,10,12,18,29H,9,11H2,1-2H3,(H2,27,31)(H,28,32). The zero-order chi connectivity index (χ0) is 24.6. The van der Waals surface area contributed by atoms with Crippen LogP contribution in [0.1, 0.15) is 46.8 Å². The molecule has 1 saturated heterocycles. The highest BCUT2D eigenvalue weighted by molar-refractivity contribution is 6.00. The number of phenols is 1. The Balaban J connectivity index is 2.12. The van der Waals surface area contributed by atoms with Crippen molar-refractivity contribution >= 4 is 17.6 Å². The van der Waals surface area contributed by atoms with Crippen molar-refractivity contribution in [3.05, 3.63) is 64.7 Å². The van der Waals surface area contributed by atoms with E-state index in [1.54, 1.807) is 13.0 Å². The van der Waals surface area contributed by atoms with Crippen molar-refractivity contribution in [1.29, 1.82) is 0 Å². The average molecular weight is 464 g/mol. The molecule has 4 N–H and O–H groups in total. The van der Waals surface area contributed by atoms with Gasteiger partial charge in [-0.15, -0.1) is 0 Å². The number of amides is 2. The van der Waals surface area contributed by atoms with Gasteiger partial charge in [0.1, 0.15) is 17.9 Å². The zero-order valence-electron chi connectivity index (χ0n) is 17.9. The second-order valence-electron chi connectivity index (χ2n) is 8.16. The summed E-state index contributed by atoms with van der Waals surface area (Å²) in [7, 11) is 0. The summed E-state index contributed by atoms with van der Waals surface area (Å²) in [5.74, 6) is -3.61. The summed E-state index contributed by atoms with van der Waals surface area (Å²) in [4.78, 5) is 37.8.